The van der Waals surface area contributed by atoms with Crippen LogP contribution in [-0.4, -0.2) is 40.9 Å². The Hall–Kier alpha value is -3.45. The number of rotatable bonds is 7. The van der Waals surface area contributed by atoms with Gasteiger partial charge in [0.15, 0.2) is 6.10 Å². The fraction of sp³-hybridized carbons (Fsp3) is 0.500. The molecule has 1 saturated heterocycles. The predicted octanol–water partition coefficient (Wildman–Crippen LogP) is 8.01. The number of carbonyl (C=O) groups is 1. The molecule has 6 nitrogen and oxygen atoms in total. The van der Waals surface area contributed by atoms with E-state index in [4.69, 9.17) is 14.5 Å². The van der Waals surface area contributed by atoms with E-state index >= 15 is 0 Å². The van der Waals surface area contributed by atoms with Crippen LogP contribution in [0, 0.1) is 25.1 Å². The van der Waals surface area contributed by atoms with Gasteiger partial charge in [0.2, 0.25) is 0 Å². The molecule has 1 unspecified atom stereocenters. The van der Waals surface area contributed by atoms with E-state index in [1.165, 1.54) is 12.1 Å². The minimum absolute atomic E-state index is 0.0244. The van der Waals surface area contributed by atoms with Crippen molar-refractivity contribution in [2.75, 3.05) is 18.0 Å². The first kappa shape index (κ1) is 31.0. The second kappa shape index (κ2) is 11.9. The highest BCUT2D eigenvalue weighted by Gasteiger charge is 2.36. The summed E-state index contributed by atoms with van der Waals surface area (Å²) in [6.45, 7) is 15.8. The maximum atomic E-state index is 13.4. The van der Waals surface area contributed by atoms with Gasteiger partial charge in [-0.1, -0.05) is 32.0 Å². The smallest absolute Gasteiger partial charge is 0.337 e. The molecule has 0 amide bonds. The molecule has 0 saturated carbocycles. The van der Waals surface area contributed by atoms with Gasteiger partial charge in [-0.25, -0.2) is 9.18 Å². The Bertz CT molecular complexity index is 1480. The first-order chi connectivity index (χ1) is 20.2. The van der Waals surface area contributed by atoms with Crippen LogP contribution in [0.15, 0.2) is 42.5 Å². The normalized spacial score (nSPS) is 19.0. The molecule has 230 valence electrons. The van der Waals surface area contributed by atoms with E-state index in [-0.39, 0.29) is 17.3 Å². The fourth-order valence-electron chi connectivity index (χ4n) is 6.38. The van der Waals surface area contributed by atoms with Gasteiger partial charge in [0.1, 0.15) is 17.7 Å². The number of ether oxygens (including phenoxy) is 2. The summed E-state index contributed by atoms with van der Waals surface area (Å²) in [5.74, 6) is -0.387. The highest BCUT2D eigenvalue weighted by atomic mass is 19.1. The SMILES string of the molecule is Cc1nc(C)c([C@H](OC(C)(C)C)C(=O)O)c(N2CCC(C)(C)CC2)c1-c1ccc2c(c1)CCC(Cc1ccc(F)cc1)O2. The van der Waals surface area contributed by atoms with Crippen molar-refractivity contribution in [1.29, 1.82) is 0 Å². The van der Waals surface area contributed by atoms with Crippen LogP contribution < -0.4 is 9.64 Å². The lowest BCUT2D eigenvalue weighted by molar-refractivity contribution is -0.160. The number of aliphatic carboxylic acids is 1. The number of carboxylic acid groups (broad SMARTS) is 1. The Labute approximate surface area is 255 Å². The van der Waals surface area contributed by atoms with Crippen molar-refractivity contribution in [2.45, 2.75) is 98.4 Å². The molecule has 3 heterocycles. The van der Waals surface area contributed by atoms with Gasteiger partial charge in [0.05, 0.1) is 11.3 Å². The van der Waals surface area contributed by atoms with Crippen LogP contribution in [0.4, 0.5) is 10.1 Å². The second-order valence-corrected chi connectivity index (χ2v) is 14.0. The number of fused-ring (bicyclic) bond motifs is 1. The van der Waals surface area contributed by atoms with E-state index in [0.717, 1.165) is 84.6 Å². The van der Waals surface area contributed by atoms with Crippen molar-refractivity contribution in [3.8, 4) is 16.9 Å². The monoisotopic (exact) mass is 588 g/mol. The number of benzene rings is 2. The van der Waals surface area contributed by atoms with Crippen LogP contribution in [0.2, 0.25) is 0 Å². The second-order valence-electron chi connectivity index (χ2n) is 14.0. The highest BCUT2D eigenvalue weighted by Crippen LogP contribution is 2.46. The minimum atomic E-state index is -1.15. The van der Waals surface area contributed by atoms with E-state index in [9.17, 15) is 14.3 Å². The van der Waals surface area contributed by atoms with Crippen LogP contribution in [0.25, 0.3) is 11.1 Å². The molecule has 1 N–H and O–H groups in total. The number of hydrogen-bond donors (Lipinski definition) is 1. The van der Waals surface area contributed by atoms with E-state index in [1.54, 1.807) is 0 Å². The number of anilines is 1. The zero-order valence-electron chi connectivity index (χ0n) is 26.6. The topological polar surface area (TPSA) is 71.9 Å². The number of halogens is 1. The molecular formula is C36H45FN2O4. The average molecular weight is 589 g/mol. The first-order valence-electron chi connectivity index (χ1n) is 15.4. The summed E-state index contributed by atoms with van der Waals surface area (Å²) in [6, 6.07) is 12.9. The molecule has 2 aliphatic rings. The molecule has 5 rings (SSSR count). The molecule has 1 aromatic heterocycles. The van der Waals surface area contributed by atoms with E-state index in [1.807, 2.05) is 52.8 Å². The van der Waals surface area contributed by atoms with Crippen LogP contribution in [0.3, 0.4) is 0 Å². The van der Waals surface area contributed by atoms with E-state index < -0.39 is 17.7 Å². The van der Waals surface area contributed by atoms with Gasteiger partial charge in [-0.05, 0) is 107 Å². The lowest BCUT2D eigenvalue weighted by atomic mass is 9.81. The van der Waals surface area contributed by atoms with Crippen molar-refractivity contribution in [3.63, 3.8) is 0 Å². The van der Waals surface area contributed by atoms with Crippen LogP contribution in [0.1, 0.15) is 88.1 Å². The van der Waals surface area contributed by atoms with Crippen LogP contribution in [0.5, 0.6) is 5.75 Å². The van der Waals surface area contributed by atoms with Gasteiger partial charge in [-0.3, -0.25) is 4.98 Å². The maximum Gasteiger partial charge on any atom is 0.337 e. The number of pyridine rings is 1. The third-order valence-electron chi connectivity index (χ3n) is 8.73. The molecule has 43 heavy (non-hydrogen) atoms. The number of aromatic nitrogens is 1. The summed E-state index contributed by atoms with van der Waals surface area (Å²) in [4.78, 5) is 20.0. The van der Waals surface area contributed by atoms with Crippen molar-refractivity contribution in [3.05, 3.63) is 76.4 Å². The maximum absolute atomic E-state index is 13.4. The third-order valence-corrected chi connectivity index (χ3v) is 8.73. The fourth-order valence-corrected chi connectivity index (χ4v) is 6.38. The van der Waals surface area contributed by atoms with E-state index in [0.29, 0.717) is 11.3 Å². The Balaban J connectivity index is 1.56. The van der Waals surface area contributed by atoms with Gasteiger partial charge in [-0.15, -0.1) is 0 Å². The predicted molar refractivity (Wildman–Crippen MR) is 168 cm³/mol. The number of nitrogens with zero attached hydrogens (tertiary/aromatic N) is 2. The molecule has 7 heteroatoms. The standard InChI is InChI=1S/C36H45FN2O4/c1-22-30(26-11-15-29-25(21-26)10-14-28(42-29)20-24-8-12-27(37)13-9-24)32(39-18-16-36(6,7)17-19-39)31(23(2)38-22)33(34(40)41)43-35(3,4)5/h8-9,11-13,15,21,28,33H,10,14,16-20H2,1-7H3,(H,40,41)/t28?,33-/m0/s1. The van der Waals surface area contributed by atoms with Gasteiger partial charge < -0.3 is 19.5 Å². The summed E-state index contributed by atoms with van der Waals surface area (Å²) >= 11 is 0. The average Bonchev–Trinajstić information content (AvgIpc) is 2.92. The molecular weight excluding hydrogens is 543 g/mol. The first-order valence-corrected chi connectivity index (χ1v) is 15.4. The van der Waals surface area contributed by atoms with E-state index in [2.05, 4.69) is 30.9 Å². The largest absolute Gasteiger partial charge is 0.490 e. The quantitative estimate of drug-likeness (QED) is 0.302. The minimum Gasteiger partial charge on any atom is -0.490 e. The summed E-state index contributed by atoms with van der Waals surface area (Å²) in [6.07, 6.45) is 3.35. The number of hydrogen-bond acceptors (Lipinski definition) is 5. The molecule has 1 fully saturated rings. The molecule has 0 bridgehead atoms. The van der Waals surface area contributed by atoms with Crippen molar-refractivity contribution in [1.82, 2.24) is 4.98 Å². The summed E-state index contributed by atoms with van der Waals surface area (Å²) in [5, 5.41) is 10.4. The molecule has 2 aromatic carbocycles. The zero-order chi connectivity index (χ0) is 31.1. The molecule has 0 radical (unpaired) electrons. The molecule has 2 atom stereocenters. The van der Waals surface area contributed by atoms with Gasteiger partial charge >= 0.3 is 5.97 Å². The highest BCUT2D eigenvalue weighted by molar-refractivity contribution is 5.88. The molecule has 0 aliphatic carbocycles. The summed E-state index contributed by atoms with van der Waals surface area (Å²) in [7, 11) is 0. The zero-order valence-corrected chi connectivity index (χ0v) is 26.6. The summed E-state index contributed by atoms with van der Waals surface area (Å²) < 4.78 is 26.0. The lowest BCUT2D eigenvalue weighted by Gasteiger charge is -2.41. The number of aryl methyl sites for hydroxylation is 3. The van der Waals surface area contributed by atoms with Crippen molar-refractivity contribution >= 4 is 11.7 Å². The van der Waals surface area contributed by atoms with Gasteiger partial charge in [0.25, 0.3) is 0 Å². The van der Waals surface area contributed by atoms with Crippen molar-refractivity contribution in [2.24, 2.45) is 5.41 Å². The Kier molecular flexibility index (Phi) is 8.59. The third kappa shape index (κ3) is 7.04. The van der Waals surface area contributed by atoms with Crippen LogP contribution in [-0.2, 0) is 22.4 Å². The molecule has 3 aromatic rings. The Morgan fingerprint density at radius 2 is 1.79 bits per heavy atom. The molecule has 0 spiro atoms. The molecule has 2 aliphatic heterocycles. The summed E-state index contributed by atoms with van der Waals surface area (Å²) in [5.41, 5.74) is 6.82. The Morgan fingerprint density at radius 1 is 1.12 bits per heavy atom. The number of piperidine rings is 1. The Morgan fingerprint density at radius 3 is 2.42 bits per heavy atom. The van der Waals surface area contributed by atoms with Gasteiger partial charge in [-0.2, -0.15) is 0 Å². The van der Waals surface area contributed by atoms with Crippen LogP contribution >= 0.6 is 0 Å². The lowest BCUT2D eigenvalue weighted by Crippen LogP contribution is -2.39. The van der Waals surface area contributed by atoms with Gasteiger partial charge in [0, 0.05) is 42.0 Å². The van der Waals surface area contributed by atoms with Crippen molar-refractivity contribution < 1.29 is 23.8 Å². The number of carboxylic acids is 1.